The highest BCUT2D eigenvalue weighted by Gasteiger charge is 2.14. The molecule has 27 heavy (non-hydrogen) atoms. The maximum absolute atomic E-state index is 12.6. The molecular formula is C22H29N3O2. The van der Waals surface area contributed by atoms with E-state index in [-0.39, 0.29) is 5.91 Å². The van der Waals surface area contributed by atoms with Crippen LogP contribution in [0.15, 0.2) is 54.6 Å². The van der Waals surface area contributed by atoms with Crippen LogP contribution in [0.2, 0.25) is 0 Å². The summed E-state index contributed by atoms with van der Waals surface area (Å²) in [4.78, 5) is 17.4. The van der Waals surface area contributed by atoms with Crippen molar-refractivity contribution in [1.29, 1.82) is 0 Å². The number of rotatable bonds is 8. The zero-order chi connectivity index (χ0) is 18.9. The van der Waals surface area contributed by atoms with Crippen molar-refractivity contribution in [2.45, 2.75) is 13.0 Å². The standard InChI is InChI=1S/C22H29N3O2/c1-24-14-16-25(17-15-24)13-7-12-23-22(26)21-11-6-5-8-19(21)18-27-20-9-3-2-4-10-20/h2-6,8-11H,7,12-18H2,1H3,(H,23,26). The van der Waals surface area contributed by atoms with Gasteiger partial charge >= 0.3 is 0 Å². The van der Waals surface area contributed by atoms with E-state index in [1.807, 2.05) is 54.6 Å². The van der Waals surface area contributed by atoms with Gasteiger partial charge in [0.2, 0.25) is 0 Å². The van der Waals surface area contributed by atoms with Crippen LogP contribution in [0.4, 0.5) is 0 Å². The molecule has 0 bridgehead atoms. The maximum Gasteiger partial charge on any atom is 0.251 e. The molecule has 0 radical (unpaired) electrons. The van der Waals surface area contributed by atoms with E-state index >= 15 is 0 Å². The summed E-state index contributed by atoms with van der Waals surface area (Å²) < 4.78 is 5.81. The van der Waals surface area contributed by atoms with Gasteiger partial charge in [-0.1, -0.05) is 36.4 Å². The van der Waals surface area contributed by atoms with Crippen LogP contribution in [0.25, 0.3) is 0 Å². The van der Waals surface area contributed by atoms with Crippen LogP contribution in [0.1, 0.15) is 22.3 Å². The molecule has 1 aliphatic heterocycles. The number of carbonyl (C=O) groups excluding carboxylic acids is 1. The molecule has 1 N–H and O–H groups in total. The van der Waals surface area contributed by atoms with Gasteiger partial charge in [0.15, 0.2) is 0 Å². The highest BCUT2D eigenvalue weighted by molar-refractivity contribution is 5.95. The molecule has 3 rings (SSSR count). The number of benzene rings is 2. The number of amides is 1. The topological polar surface area (TPSA) is 44.8 Å². The normalized spacial score (nSPS) is 15.4. The third-order valence-corrected chi connectivity index (χ3v) is 4.93. The molecule has 0 unspecified atom stereocenters. The minimum atomic E-state index is -0.0272. The molecule has 144 valence electrons. The first-order valence-electron chi connectivity index (χ1n) is 9.67. The maximum atomic E-state index is 12.6. The number of carbonyl (C=O) groups is 1. The van der Waals surface area contributed by atoms with E-state index in [1.54, 1.807) is 0 Å². The first kappa shape index (κ1) is 19.4. The molecule has 2 aromatic carbocycles. The zero-order valence-electron chi connectivity index (χ0n) is 16.1. The quantitative estimate of drug-likeness (QED) is 0.729. The molecule has 5 nitrogen and oxygen atoms in total. The highest BCUT2D eigenvalue weighted by Crippen LogP contribution is 2.14. The van der Waals surface area contributed by atoms with Crippen molar-refractivity contribution < 1.29 is 9.53 Å². The van der Waals surface area contributed by atoms with E-state index in [9.17, 15) is 4.79 Å². The zero-order valence-corrected chi connectivity index (χ0v) is 16.1. The average molecular weight is 367 g/mol. The lowest BCUT2D eigenvalue weighted by Gasteiger charge is -2.32. The predicted molar refractivity (Wildman–Crippen MR) is 108 cm³/mol. The van der Waals surface area contributed by atoms with E-state index in [0.717, 1.165) is 50.5 Å². The number of hydrogen-bond acceptors (Lipinski definition) is 4. The summed E-state index contributed by atoms with van der Waals surface area (Å²) in [6.45, 7) is 6.59. The van der Waals surface area contributed by atoms with Crippen LogP contribution in [0.3, 0.4) is 0 Å². The van der Waals surface area contributed by atoms with Crippen molar-refractivity contribution in [3.63, 3.8) is 0 Å². The number of piperazine rings is 1. The van der Waals surface area contributed by atoms with Crippen molar-refractivity contribution >= 4 is 5.91 Å². The van der Waals surface area contributed by atoms with Crippen LogP contribution >= 0.6 is 0 Å². The van der Waals surface area contributed by atoms with Gasteiger partial charge in [-0.15, -0.1) is 0 Å². The Hall–Kier alpha value is -2.37. The molecule has 2 aromatic rings. The molecule has 1 fully saturated rings. The SMILES string of the molecule is CN1CCN(CCCNC(=O)c2ccccc2COc2ccccc2)CC1. The summed E-state index contributed by atoms with van der Waals surface area (Å²) in [7, 11) is 2.16. The van der Waals surface area contributed by atoms with Crippen molar-refractivity contribution in [3.8, 4) is 5.75 Å². The number of ether oxygens (including phenoxy) is 1. The molecule has 0 saturated carbocycles. The van der Waals surface area contributed by atoms with Crippen LogP contribution in [0.5, 0.6) is 5.75 Å². The van der Waals surface area contributed by atoms with Gasteiger partial charge in [-0.2, -0.15) is 0 Å². The Kier molecular flexibility index (Phi) is 7.25. The first-order chi connectivity index (χ1) is 13.2. The molecule has 1 amide bonds. The van der Waals surface area contributed by atoms with Crippen LogP contribution < -0.4 is 10.1 Å². The molecule has 1 heterocycles. The Balaban J connectivity index is 1.45. The molecular weight excluding hydrogens is 338 g/mol. The summed E-state index contributed by atoms with van der Waals surface area (Å²) in [6.07, 6.45) is 0.970. The highest BCUT2D eigenvalue weighted by atomic mass is 16.5. The van der Waals surface area contributed by atoms with Gasteiger partial charge in [0.1, 0.15) is 12.4 Å². The Morgan fingerprint density at radius 3 is 2.48 bits per heavy atom. The first-order valence-corrected chi connectivity index (χ1v) is 9.67. The number of nitrogens with one attached hydrogen (secondary N) is 1. The van der Waals surface area contributed by atoms with Gasteiger partial charge in [0.25, 0.3) is 5.91 Å². The minimum Gasteiger partial charge on any atom is -0.489 e. The van der Waals surface area contributed by atoms with Crippen molar-refractivity contribution in [2.24, 2.45) is 0 Å². The Bertz CT molecular complexity index is 713. The monoisotopic (exact) mass is 367 g/mol. The van der Waals surface area contributed by atoms with Crippen molar-refractivity contribution in [1.82, 2.24) is 15.1 Å². The second-order valence-electron chi connectivity index (χ2n) is 7.01. The molecule has 1 aliphatic rings. The molecule has 5 heteroatoms. The van der Waals surface area contributed by atoms with E-state index in [2.05, 4.69) is 22.2 Å². The Labute approximate surface area is 161 Å². The Morgan fingerprint density at radius 2 is 1.70 bits per heavy atom. The van der Waals surface area contributed by atoms with Gasteiger partial charge in [0.05, 0.1) is 0 Å². The lowest BCUT2D eigenvalue weighted by atomic mass is 10.1. The lowest BCUT2D eigenvalue weighted by Crippen LogP contribution is -2.45. The van der Waals surface area contributed by atoms with Gasteiger partial charge in [-0.05, 0) is 38.2 Å². The van der Waals surface area contributed by atoms with E-state index < -0.39 is 0 Å². The summed E-state index contributed by atoms with van der Waals surface area (Å²) in [5, 5.41) is 3.05. The van der Waals surface area contributed by atoms with Crippen LogP contribution in [-0.2, 0) is 6.61 Å². The summed E-state index contributed by atoms with van der Waals surface area (Å²) in [5.74, 6) is 0.778. The largest absolute Gasteiger partial charge is 0.489 e. The van der Waals surface area contributed by atoms with Crippen molar-refractivity contribution in [2.75, 3.05) is 46.3 Å². The number of likely N-dealkylation sites (N-methyl/N-ethyl adjacent to an activating group) is 1. The van der Waals surface area contributed by atoms with Gasteiger partial charge in [0, 0.05) is 43.9 Å². The lowest BCUT2D eigenvalue weighted by molar-refractivity contribution is 0.0947. The summed E-state index contributed by atoms with van der Waals surface area (Å²) in [6, 6.07) is 17.3. The Morgan fingerprint density at radius 1 is 1.00 bits per heavy atom. The molecule has 0 aromatic heterocycles. The van der Waals surface area contributed by atoms with Crippen molar-refractivity contribution in [3.05, 3.63) is 65.7 Å². The number of nitrogens with zero attached hydrogens (tertiary/aromatic N) is 2. The number of hydrogen-bond donors (Lipinski definition) is 1. The third-order valence-electron chi connectivity index (χ3n) is 4.93. The molecule has 0 spiro atoms. The van der Waals surface area contributed by atoms with Gasteiger partial charge < -0.3 is 19.9 Å². The molecule has 0 aliphatic carbocycles. The van der Waals surface area contributed by atoms with Gasteiger partial charge in [-0.25, -0.2) is 0 Å². The van der Waals surface area contributed by atoms with E-state index in [1.165, 1.54) is 0 Å². The molecule has 1 saturated heterocycles. The average Bonchev–Trinajstić information content (AvgIpc) is 2.72. The van der Waals surface area contributed by atoms with Crippen LogP contribution in [-0.4, -0.2) is 62.0 Å². The summed E-state index contributed by atoms with van der Waals surface area (Å²) >= 11 is 0. The fourth-order valence-electron chi connectivity index (χ4n) is 3.22. The predicted octanol–water partition coefficient (Wildman–Crippen LogP) is 2.63. The fraction of sp³-hybridized carbons (Fsp3) is 0.409. The number of para-hydroxylation sites is 1. The van der Waals surface area contributed by atoms with E-state index in [0.29, 0.717) is 18.7 Å². The van der Waals surface area contributed by atoms with Crippen LogP contribution in [0, 0.1) is 0 Å². The third kappa shape index (κ3) is 6.08. The minimum absolute atomic E-state index is 0.0272. The molecule has 0 atom stereocenters. The fourth-order valence-corrected chi connectivity index (χ4v) is 3.22. The second-order valence-corrected chi connectivity index (χ2v) is 7.01. The summed E-state index contributed by atoms with van der Waals surface area (Å²) in [5.41, 5.74) is 1.59. The van der Waals surface area contributed by atoms with Gasteiger partial charge in [-0.3, -0.25) is 4.79 Å². The van der Waals surface area contributed by atoms with E-state index in [4.69, 9.17) is 4.74 Å². The smallest absolute Gasteiger partial charge is 0.251 e. The second kappa shape index (κ2) is 10.1.